The Kier molecular flexibility index (Phi) is 6.11. The summed E-state index contributed by atoms with van der Waals surface area (Å²) < 4.78 is 10.2. The number of methoxy groups -OCH3 is 1. The fraction of sp³-hybridized carbons (Fsp3) is 0.450. The molecular formula is C20H25N3O4. The predicted octanol–water partition coefficient (Wildman–Crippen LogP) is 3.41. The zero-order valence-corrected chi connectivity index (χ0v) is 15.7. The first-order valence-electron chi connectivity index (χ1n) is 9.25. The summed E-state index contributed by atoms with van der Waals surface area (Å²) in [5.41, 5.74) is 0.519. The van der Waals surface area contributed by atoms with E-state index >= 15 is 0 Å². The summed E-state index contributed by atoms with van der Waals surface area (Å²) in [6.07, 6.45) is 5.12. The number of nitrogens with zero attached hydrogens (tertiary/aromatic N) is 2. The van der Waals surface area contributed by atoms with Crippen molar-refractivity contribution < 1.29 is 18.8 Å². The minimum Gasteiger partial charge on any atom is -0.497 e. The molecule has 1 aliphatic rings. The first-order chi connectivity index (χ1) is 13.1. The molecule has 27 heavy (non-hydrogen) atoms. The van der Waals surface area contributed by atoms with Gasteiger partial charge in [-0.1, -0.05) is 30.5 Å². The van der Waals surface area contributed by atoms with Gasteiger partial charge in [0.1, 0.15) is 18.1 Å². The number of aromatic nitrogens is 1. The normalized spacial score (nSPS) is 14.6. The van der Waals surface area contributed by atoms with E-state index in [2.05, 4.69) is 10.5 Å². The number of carbonyl (C=O) groups is 2. The molecule has 1 fully saturated rings. The number of hydrogen-bond donors (Lipinski definition) is 1. The lowest BCUT2D eigenvalue weighted by molar-refractivity contribution is -0.117. The van der Waals surface area contributed by atoms with Crippen molar-refractivity contribution in [3.63, 3.8) is 0 Å². The second kappa shape index (κ2) is 8.70. The Bertz CT molecular complexity index is 796. The SMILES string of the molecule is COc1cccc(C(=O)N(CC(=O)Nc2cc(C)on2)C2CCCCC2)c1. The molecule has 1 N–H and O–H groups in total. The van der Waals surface area contributed by atoms with E-state index in [0.29, 0.717) is 22.9 Å². The minimum atomic E-state index is -0.287. The lowest BCUT2D eigenvalue weighted by Gasteiger charge is -2.34. The maximum Gasteiger partial charge on any atom is 0.254 e. The predicted molar refractivity (Wildman–Crippen MR) is 101 cm³/mol. The van der Waals surface area contributed by atoms with Crippen molar-refractivity contribution >= 4 is 17.6 Å². The molecule has 0 saturated heterocycles. The average molecular weight is 371 g/mol. The smallest absolute Gasteiger partial charge is 0.254 e. The lowest BCUT2D eigenvalue weighted by Crippen LogP contribution is -2.45. The van der Waals surface area contributed by atoms with Gasteiger partial charge < -0.3 is 19.5 Å². The number of ether oxygens (including phenoxy) is 1. The van der Waals surface area contributed by atoms with Crippen molar-refractivity contribution in [1.29, 1.82) is 0 Å². The van der Waals surface area contributed by atoms with Crippen LogP contribution in [0.1, 0.15) is 48.2 Å². The van der Waals surface area contributed by atoms with Gasteiger partial charge in [0.15, 0.2) is 5.82 Å². The van der Waals surface area contributed by atoms with E-state index in [1.165, 1.54) is 6.42 Å². The van der Waals surface area contributed by atoms with Gasteiger partial charge >= 0.3 is 0 Å². The Morgan fingerprint density at radius 2 is 2.04 bits per heavy atom. The Morgan fingerprint density at radius 3 is 2.70 bits per heavy atom. The fourth-order valence-electron chi connectivity index (χ4n) is 3.44. The van der Waals surface area contributed by atoms with Crippen molar-refractivity contribution in [2.45, 2.75) is 45.1 Å². The van der Waals surface area contributed by atoms with Crippen LogP contribution in [0.4, 0.5) is 5.82 Å². The highest BCUT2D eigenvalue weighted by Crippen LogP contribution is 2.25. The number of hydrogen-bond acceptors (Lipinski definition) is 5. The standard InChI is InChI=1S/C20H25N3O4/c1-14-11-18(22-27-14)21-19(24)13-23(16-8-4-3-5-9-16)20(25)15-7-6-10-17(12-15)26-2/h6-7,10-12,16H,3-5,8-9,13H2,1-2H3,(H,21,22,24). The molecule has 144 valence electrons. The molecular weight excluding hydrogens is 346 g/mol. The van der Waals surface area contributed by atoms with Gasteiger partial charge in [0.05, 0.1) is 7.11 Å². The number of nitrogens with one attached hydrogen (secondary N) is 1. The van der Waals surface area contributed by atoms with E-state index in [-0.39, 0.29) is 24.4 Å². The van der Waals surface area contributed by atoms with Crippen molar-refractivity contribution in [2.24, 2.45) is 0 Å². The number of benzene rings is 1. The van der Waals surface area contributed by atoms with Gasteiger partial charge in [-0.2, -0.15) is 0 Å². The van der Waals surface area contributed by atoms with Gasteiger partial charge in [0.2, 0.25) is 5.91 Å². The van der Waals surface area contributed by atoms with Crippen LogP contribution < -0.4 is 10.1 Å². The van der Waals surface area contributed by atoms with Crippen molar-refractivity contribution in [3.8, 4) is 5.75 Å². The highest BCUT2D eigenvalue weighted by Gasteiger charge is 2.28. The molecule has 1 saturated carbocycles. The summed E-state index contributed by atoms with van der Waals surface area (Å²) in [6, 6.07) is 8.73. The molecule has 1 aromatic carbocycles. The van der Waals surface area contributed by atoms with Crippen LogP contribution in [-0.4, -0.2) is 41.6 Å². The van der Waals surface area contributed by atoms with Crippen LogP contribution in [-0.2, 0) is 4.79 Å². The molecule has 1 aromatic heterocycles. The molecule has 1 heterocycles. The van der Waals surface area contributed by atoms with Gasteiger partial charge in [0.25, 0.3) is 5.91 Å². The third kappa shape index (κ3) is 4.87. The largest absolute Gasteiger partial charge is 0.497 e. The maximum absolute atomic E-state index is 13.2. The van der Waals surface area contributed by atoms with Gasteiger partial charge in [0, 0.05) is 17.7 Å². The maximum atomic E-state index is 13.2. The topological polar surface area (TPSA) is 84.7 Å². The first kappa shape index (κ1) is 18.9. The highest BCUT2D eigenvalue weighted by atomic mass is 16.5. The summed E-state index contributed by atoms with van der Waals surface area (Å²) in [6.45, 7) is 1.73. The first-order valence-corrected chi connectivity index (χ1v) is 9.25. The van der Waals surface area contributed by atoms with Crippen LogP contribution in [0.3, 0.4) is 0 Å². The summed E-state index contributed by atoms with van der Waals surface area (Å²) >= 11 is 0. The highest BCUT2D eigenvalue weighted by molar-refractivity contribution is 5.99. The quantitative estimate of drug-likeness (QED) is 0.841. The Morgan fingerprint density at radius 1 is 1.26 bits per heavy atom. The minimum absolute atomic E-state index is 0.0212. The zero-order valence-electron chi connectivity index (χ0n) is 15.7. The van der Waals surface area contributed by atoms with E-state index in [1.54, 1.807) is 49.3 Å². The van der Waals surface area contributed by atoms with Crippen LogP contribution in [0.15, 0.2) is 34.9 Å². The van der Waals surface area contributed by atoms with E-state index in [9.17, 15) is 9.59 Å². The average Bonchev–Trinajstić information content (AvgIpc) is 3.10. The molecule has 2 aromatic rings. The van der Waals surface area contributed by atoms with Gasteiger partial charge in [-0.3, -0.25) is 9.59 Å². The monoisotopic (exact) mass is 371 g/mol. The Labute approximate surface area is 158 Å². The second-order valence-corrected chi connectivity index (χ2v) is 6.83. The summed E-state index contributed by atoms with van der Waals surface area (Å²) in [5.74, 6) is 1.14. The molecule has 0 spiro atoms. The van der Waals surface area contributed by atoms with Crippen LogP contribution in [0.5, 0.6) is 5.75 Å². The van der Waals surface area contributed by atoms with Crippen molar-refractivity contribution in [3.05, 3.63) is 41.7 Å². The van der Waals surface area contributed by atoms with Gasteiger partial charge in [-0.25, -0.2) is 0 Å². The molecule has 3 rings (SSSR count). The number of amides is 2. The van der Waals surface area contributed by atoms with E-state index < -0.39 is 0 Å². The van der Waals surface area contributed by atoms with Crippen LogP contribution in [0, 0.1) is 6.92 Å². The van der Waals surface area contributed by atoms with Gasteiger partial charge in [-0.15, -0.1) is 0 Å². The number of rotatable bonds is 6. The summed E-state index contributed by atoms with van der Waals surface area (Å²) in [5, 5.41) is 6.47. The Balaban J connectivity index is 1.77. The molecule has 0 unspecified atom stereocenters. The van der Waals surface area contributed by atoms with Crippen molar-refractivity contribution in [2.75, 3.05) is 19.0 Å². The number of anilines is 1. The second-order valence-electron chi connectivity index (χ2n) is 6.83. The third-order valence-electron chi connectivity index (χ3n) is 4.80. The van der Waals surface area contributed by atoms with E-state index in [4.69, 9.17) is 9.26 Å². The molecule has 1 aliphatic carbocycles. The van der Waals surface area contributed by atoms with Crippen LogP contribution in [0.2, 0.25) is 0 Å². The molecule has 7 nitrogen and oxygen atoms in total. The molecule has 0 radical (unpaired) electrons. The molecule has 0 bridgehead atoms. The van der Waals surface area contributed by atoms with Crippen molar-refractivity contribution in [1.82, 2.24) is 10.1 Å². The number of carbonyl (C=O) groups excluding carboxylic acids is 2. The lowest BCUT2D eigenvalue weighted by atomic mass is 9.93. The molecule has 0 atom stereocenters. The van der Waals surface area contributed by atoms with Gasteiger partial charge in [-0.05, 0) is 38.0 Å². The molecule has 7 heteroatoms. The summed E-state index contributed by atoms with van der Waals surface area (Å²) in [7, 11) is 1.57. The third-order valence-corrected chi connectivity index (χ3v) is 4.80. The van der Waals surface area contributed by atoms with Crippen LogP contribution >= 0.6 is 0 Å². The van der Waals surface area contributed by atoms with E-state index in [1.807, 2.05) is 0 Å². The Hall–Kier alpha value is -2.83. The molecule has 0 aliphatic heterocycles. The molecule has 2 amide bonds. The van der Waals surface area contributed by atoms with Crippen LogP contribution in [0.25, 0.3) is 0 Å². The fourth-order valence-corrected chi connectivity index (χ4v) is 3.44. The zero-order chi connectivity index (χ0) is 19.2. The number of aryl methyl sites for hydroxylation is 1. The van der Waals surface area contributed by atoms with E-state index in [0.717, 1.165) is 25.7 Å². The summed E-state index contributed by atoms with van der Waals surface area (Å²) in [4.78, 5) is 27.4.